The van der Waals surface area contributed by atoms with Gasteiger partial charge in [-0.2, -0.15) is 0 Å². The third-order valence-electron chi connectivity index (χ3n) is 3.46. The first-order valence-corrected chi connectivity index (χ1v) is 6.95. The highest BCUT2D eigenvalue weighted by atomic mass is 16.6. The van der Waals surface area contributed by atoms with Gasteiger partial charge in [0.2, 0.25) is 0 Å². The first-order chi connectivity index (χ1) is 9.26. The third-order valence-corrected chi connectivity index (χ3v) is 3.46. The summed E-state index contributed by atoms with van der Waals surface area (Å²) in [5, 5.41) is 0. The Labute approximate surface area is 119 Å². The van der Waals surface area contributed by atoms with Gasteiger partial charge in [-0.05, 0) is 33.1 Å². The molecule has 6 nitrogen and oxygen atoms in total. The van der Waals surface area contributed by atoms with E-state index in [9.17, 15) is 4.79 Å². The third kappa shape index (κ3) is 3.43. The zero-order valence-electron chi connectivity index (χ0n) is 12.5. The SMILES string of the molecule is CC1CN(C(=O)OC(C)(C)C)CCC1c1cnc(N)o1. The summed E-state index contributed by atoms with van der Waals surface area (Å²) in [6, 6.07) is 0.196. The molecule has 1 aliphatic rings. The summed E-state index contributed by atoms with van der Waals surface area (Å²) in [5.41, 5.74) is 5.05. The predicted molar refractivity (Wildman–Crippen MR) is 75.2 cm³/mol. The fourth-order valence-electron chi connectivity index (χ4n) is 2.53. The van der Waals surface area contributed by atoms with Crippen LogP contribution < -0.4 is 5.73 Å². The minimum Gasteiger partial charge on any atom is -0.444 e. The number of amides is 1. The van der Waals surface area contributed by atoms with Crippen molar-refractivity contribution in [2.45, 2.75) is 45.6 Å². The maximum Gasteiger partial charge on any atom is 0.410 e. The average molecular weight is 281 g/mol. The number of carbonyl (C=O) groups is 1. The maximum atomic E-state index is 12.1. The number of rotatable bonds is 1. The van der Waals surface area contributed by atoms with Crippen LogP contribution in [0.3, 0.4) is 0 Å². The van der Waals surface area contributed by atoms with Crippen LogP contribution in [0.2, 0.25) is 0 Å². The largest absolute Gasteiger partial charge is 0.444 e. The number of nitrogens with zero attached hydrogens (tertiary/aromatic N) is 2. The monoisotopic (exact) mass is 281 g/mol. The van der Waals surface area contributed by atoms with E-state index in [4.69, 9.17) is 14.9 Å². The molecule has 0 bridgehead atoms. The van der Waals surface area contributed by atoms with Gasteiger partial charge in [-0.1, -0.05) is 6.92 Å². The van der Waals surface area contributed by atoms with Gasteiger partial charge in [0.1, 0.15) is 11.4 Å². The zero-order valence-corrected chi connectivity index (χ0v) is 12.5. The quantitative estimate of drug-likeness (QED) is 0.855. The number of ether oxygens (including phenoxy) is 1. The van der Waals surface area contributed by atoms with Crippen molar-refractivity contribution in [3.8, 4) is 0 Å². The molecule has 1 saturated heterocycles. The second kappa shape index (κ2) is 5.34. The van der Waals surface area contributed by atoms with Gasteiger partial charge in [0, 0.05) is 19.0 Å². The van der Waals surface area contributed by atoms with Crippen molar-refractivity contribution in [1.29, 1.82) is 0 Å². The Morgan fingerprint density at radius 3 is 2.75 bits per heavy atom. The van der Waals surface area contributed by atoms with E-state index in [1.807, 2.05) is 20.8 Å². The Morgan fingerprint density at radius 1 is 1.55 bits per heavy atom. The van der Waals surface area contributed by atoms with Crippen LogP contribution in [-0.2, 0) is 4.74 Å². The van der Waals surface area contributed by atoms with Gasteiger partial charge in [-0.3, -0.25) is 0 Å². The summed E-state index contributed by atoms with van der Waals surface area (Å²) in [6.07, 6.45) is 2.26. The smallest absolute Gasteiger partial charge is 0.410 e. The predicted octanol–water partition coefficient (Wildman–Crippen LogP) is 2.62. The second-order valence-electron chi connectivity index (χ2n) is 6.40. The number of oxazole rings is 1. The van der Waals surface area contributed by atoms with Gasteiger partial charge in [-0.25, -0.2) is 9.78 Å². The topological polar surface area (TPSA) is 81.6 Å². The van der Waals surface area contributed by atoms with E-state index < -0.39 is 5.60 Å². The molecule has 2 atom stereocenters. The molecule has 0 saturated carbocycles. The highest BCUT2D eigenvalue weighted by molar-refractivity contribution is 5.68. The summed E-state index contributed by atoms with van der Waals surface area (Å²) in [5.74, 6) is 1.33. The number of nitrogen functional groups attached to an aromatic ring is 1. The normalized spacial score (nSPS) is 23.7. The summed E-state index contributed by atoms with van der Waals surface area (Å²) >= 11 is 0. The molecule has 1 amide bonds. The molecular weight excluding hydrogens is 258 g/mol. The molecule has 0 aromatic carbocycles. The molecule has 1 aliphatic heterocycles. The highest BCUT2D eigenvalue weighted by Crippen LogP contribution is 2.33. The van der Waals surface area contributed by atoms with Gasteiger partial charge in [0.05, 0.1) is 6.20 Å². The van der Waals surface area contributed by atoms with Crippen LogP contribution in [0.5, 0.6) is 0 Å². The lowest BCUT2D eigenvalue weighted by molar-refractivity contribution is 0.0148. The zero-order chi connectivity index (χ0) is 14.9. The molecule has 0 radical (unpaired) electrons. The van der Waals surface area contributed by atoms with Gasteiger partial charge in [-0.15, -0.1) is 0 Å². The van der Waals surface area contributed by atoms with Crippen molar-refractivity contribution in [1.82, 2.24) is 9.88 Å². The number of anilines is 1. The van der Waals surface area contributed by atoms with E-state index in [1.54, 1.807) is 11.1 Å². The number of aromatic nitrogens is 1. The molecule has 0 spiro atoms. The van der Waals surface area contributed by atoms with Crippen molar-refractivity contribution in [2.24, 2.45) is 5.92 Å². The first kappa shape index (κ1) is 14.7. The number of likely N-dealkylation sites (tertiary alicyclic amines) is 1. The van der Waals surface area contributed by atoms with Crippen molar-refractivity contribution >= 4 is 12.1 Å². The van der Waals surface area contributed by atoms with Crippen LogP contribution in [0.15, 0.2) is 10.6 Å². The molecule has 1 fully saturated rings. The van der Waals surface area contributed by atoms with Crippen molar-refractivity contribution < 1.29 is 13.9 Å². The van der Waals surface area contributed by atoms with Crippen LogP contribution in [0, 0.1) is 5.92 Å². The Morgan fingerprint density at radius 2 is 2.25 bits per heavy atom. The van der Waals surface area contributed by atoms with E-state index >= 15 is 0 Å². The molecule has 1 aromatic heterocycles. The van der Waals surface area contributed by atoms with E-state index in [-0.39, 0.29) is 23.9 Å². The first-order valence-electron chi connectivity index (χ1n) is 6.95. The van der Waals surface area contributed by atoms with Crippen LogP contribution in [0.4, 0.5) is 10.8 Å². The number of hydrogen-bond acceptors (Lipinski definition) is 5. The Hall–Kier alpha value is -1.72. The molecule has 0 aliphatic carbocycles. The summed E-state index contributed by atoms with van der Waals surface area (Å²) < 4.78 is 10.8. The maximum absolute atomic E-state index is 12.1. The second-order valence-corrected chi connectivity index (χ2v) is 6.40. The van der Waals surface area contributed by atoms with E-state index in [0.717, 1.165) is 12.2 Å². The Bertz CT molecular complexity index is 478. The number of piperidine rings is 1. The van der Waals surface area contributed by atoms with Gasteiger partial charge >= 0.3 is 6.09 Å². The highest BCUT2D eigenvalue weighted by Gasteiger charge is 2.33. The number of nitrogens with two attached hydrogens (primary N) is 1. The summed E-state index contributed by atoms with van der Waals surface area (Å²) in [4.78, 5) is 17.7. The molecule has 1 aromatic rings. The summed E-state index contributed by atoms with van der Waals surface area (Å²) in [7, 11) is 0. The van der Waals surface area contributed by atoms with Crippen LogP contribution in [0.25, 0.3) is 0 Å². The lowest BCUT2D eigenvalue weighted by atomic mass is 9.85. The Kier molecular flexibility index (Phi) is 3.92. The molecule has 112 valence electrons. The molecule has 6 heteroatoms. The molecule has 20 heavy (non-hydrogen) atoms. The van der Waals surface area contributed by atoms with Gasteiger partial charge < -0.3 is 19.8 Å². The minimum atomic E-state index is -0.462. The lowest BCUT2D eigenvalue weighted by Crippen LogP contribution is -2.44. The molecule has 2 heterocycles. The molecular formula is C14H23N3O3. The van der Waals surface area contributed by atoms with E-state index in [2.05, 4.69) is 11.9 Å². The van der Waals surface area contributed by atoms with E-state index in [0.29, 0.717) is 13.1 Å². The summed E-state index contributed by atoms with van der Waals surface area (Å²) in [6.45, 7) is 9.03. The van der Waals surface area contributed by atoms with Gasteiger partial charge in [0.25, 0.3) is 6.01 Å². The average Bonchev–Trinajstić information content (AvgIpc) is 2.73. The fourth-order valence-corrected chi connectivity index (χ4v) is 2.53. The van der Waals surface area contributed by atoms with E-state index in [1.165, 1.54) is 0 Å². The standard InChI is InChI=1S/C14H23N3O3/c1-9-8-17(13(18)20-14(2,3)4)6-5-10(9)11-7-16-12(15)19-11/h7,9-10H,5-6,8H2,1-4H3,(H2,15,16). The van der Waals surface area contributed by atoms with Crippen molar-refractivity contribution in [2.75, 3.05) is 18.8 Å². The van der Waals surface area contributed by atoms with Crippen molar-refractivity contribution in [3.05, 3.63) is 12.0 Å². The number of carbonyl (C=O) groups excluding carboxylic acids is 1. The van der Waals surface area contributed by atoms with Crippen LogP contribution >= 0.6 is 0 Å². The molecule has 2 unspecified atom stereocenters. The molecule has 2 rings (SSSR count). The Balaban J connectivity index is 1.97. The minimum absolute atomic E-state index is 0.196. The fraction of sp³-hybridized carbons (Fsp3) is 0.714. The molecule has 2 N–H and O–H groups in total. The van der Waals surface area contributed by atoms with Crippen LogP contribution in [-0.4, -0.2) is 34.7 Å². The van der Waals surface area contributed by atoms with Crippen LogP contribution in [0.1, 0.15) is 45.8 Å². The van der Waals surface area contributed by atoms with Gasteiger partial charge in [0.15, 0.2) is 0 Å². The lowest BCUT2D eigenvalue weighted by Gasteiger charge is -2.36. The van der Waals surface area contributed by atoms with Crippen molar-refractivity contribution in [3.63, 3.8) is 0 Å². The number of hydrogen-bond donors (Lipinski definition) is 1.